The van der Waals surface area contributed by atoms with Crippen molar-refractivity contribution in [3.8, 4) is 0 Å². The molecule has 11 N–H and O–H groups in total. The number of rotatable bonds is 18. The zero-order valence-corrected chi connectivity index (χ0v) is 18.6. The van der Waals surface area contributed by atoms with Crippen molar-refractivity contribution in [2.45, 2.75) is 57.0 Å². The number of nitrogens with one attached hydrogen (secondary N) is 1. The minimum atomic E-state index is -0.942. The highest BCUT2D eigenvalue weighted by Gasteiger charge is 2.21. The minimum absolute atomic E-state index is 0.0836. The largest absolute Gasteiger partial charge is 0.448 e. The van der Waals surface area contributed by atoms with Crippen LogP contribution in [0.15, 0.2) is 0 Å². The van der Waals surface area contributed by atoms with Gasteiger partial charge in [-0.1, -0.05) is 6.42 Å². The standard InChI is InChI=1S/C19H39N7O6/c20-8-2-1-5-15(13-31-18(24)29)25-17(28)11-26(10-4-3-9-21)19(30)32-12-14(22)6-7-16(23)27/h14-15H,1-13,20-22H2,(H2,23,27)(H2,24,29)(H,25,28). The Labute approximate surface area is 188 Å². The second-order valence-electron chi connectivity index (χ2n) is 7.44. The number of nitrogens with zero attached hydrogens (tertiary/aromatic N) is 1. The summed E-state index contributed by atoms with van der Waals surface area (Å²) in [6, 6.07) is -1.02. The molecule has 13 nitrogen and oxygen atoms in total. The minimum Gasteiger partial charge on any atom is -0.448 e. The smallest absolute Gasteiger partial charge is 0.410 e. The fraction of sp³-hybridized carbons (Fsp3) is 0.789. The molecule has 0 aliphatic rings. The lowest BCUT2D eigenvalue weighted by atomic mass is 10.1. The van der Waals surface area contributed by atoms with Crippen molar-refractivity contribution >= 4 is 24.0 Å². The van der Waals surface area contributed by atoms with Gasteiger partial charge in [-0.05, 0) is 45.2 Å². The number of carbonyl (C=O) groups is 4. The summed E-state index contributed by atoms with van der Waals surface area (Å²) in [4.78, 5) is 48.0. The van der Waals surface area contributed by atoms with Gasteiger partial charge < -0.3 is 43.5 Å². The molecular weight excluding hydrogens is 422 g/mol. The van der Waals surface area contributed by atoms with E-state index < -0.39 is 36.1 Å². The van der Waals surface area contributed by atoms with Crippen molar-refractivity contribution in [1.29, 1.82) is 0 Å². The summed E-state index contributed by atoms with van der Waals surface area (Å²) in [5.74, 6) is -0.938. The highest BCUT2D eigenvalue weighted by Crippen LogP contribution is 2.04. The van der Waals surface area contributed by atoms with Gasteiger partial charge >= 0.3 is 12.2 Å². The molecule has 13 heteroatoms. The van der Waals surface area contributed by atoms with Gasteiger partial charge in [0.25, 0.3) is 0 Å². The second-order valence-corrected chi connectivity index (χ2v) is 7.44. The molecule has 0 saturated heterocycles. The maximum absolute atomic E-state index is 12.5. The van der Waals surface area contributed by atoms with Gasteiger partial charge in [0, 0.05) is 19.0 Å². The SMILES string of the molecule is NCCCCC(COC(N)=O)NC(=O)CN(CCCCN)C(=O)OCC(N)CCC(N)=O. The Morgan fingerprint density at radius 1 is 0.875 bits per heavy atom. The van der Waals surface area contributed by atoms with Crippen molar-refractivity contribution in [3.63, 3.8) is 0 Å². The topological polar surface area (TPSA) is 232 Å². The number of nitrogens with two attached hydrogens (primary N) is 5. The van der Waals surface area contributed by atoms with Crippen LogP contribution in [0.2, 0.25) is 0 Å². The summed E-state index contributed by atoms with van der Waals surface area (Å²) >= 11 is 0. The molecule has 0 radical (unpaired) electrons. The lowest BCUT2D eigenvalue weighted by Gasteiger charge is -2.24. The summed E-state index contributed by atoms with van der Waals surface area (Å²) in [5.41, 5.74) is 26.9. The van der Waals surface area contributed by atoms with Gasteiger partial charge in [-0.15, -0.1) is 0 Å². The number of carbonyl (C=O) groups excluding carboxylic acids is 4. The molecule has 0 bridgehead atoms. The second kappa shape index (κ2) is 18.0. The van der Waals surface area contributed by atoms with Crippen LogP contribution in [0.4, 0.5) is 9.59 Å². The van der Waals surface area contributed by atoms with Gasteiger partial charge in [-0.2, -0.15) is 0 Å². The molecule has 0 saturated carbocycles. The molecule has 0 heterocycles. The summed E-state index contributed by atoms with van der Waals surface area (Å²) in [5, 5.41) is 2.74. The molecule has 2 atom stereocenters. The third-order valence-electron chi connectivity index (χ3n) is 4.46. The molecule has 0 rings (SSSR count). The highest BCUT2D eigenvalue weighted by atomic mass is 16.6. The molecule has 0 spiro atoms. The summed E-state index contributed by atoms with van der Waals surface area (Å²) in [6.07, 6.45) is 1.95. The number of unbranched alkanes of at least 4 members (excludes halogenated alkanes) is 2. The van der Waals surface area contributed by atoms with E-state index in [2.05, 4.69) is 5.32 Å². The lowest BCUT2D eigenvalue weighted by Crippen LogP contribution is -2.47. The normalized spacial score (nSPS) is 12.5. The number of hydrogen-bond donors (Lipinski definition) is 6. The first-order valence-electron chi connectivity index (χ1n) is 10.8. The van der Waals surface area contributed by atoms with E-state index in [1.54, 1.807) is 0 Å². The molecule has 32 heavy (non-hydrogen) atoms. The van der Waals surface area contributed by atoms with Crippen LogP contribution in [-0.2, 0) is 19.1 Å². The fourth-order valence-electron chi connectivity index (χ4n) is 2.72. The molecular formula is C19H39N7O6. The van der Waals surface area contributed by atoms with Crippen molar-refractivity contribution in [3.05, 3.63) is 0 Å². The quantitative estimate of drug-likeness (QED) is 0.130. The third-order valence-corrected chi connectivity index (χ3v) is 4.46. The Bertz CT molecular complexity index is 578. The first-order chi connectivity index (χ1) is 15.2. The van der Waals surface area contributed by atoms with E-state index in [0.717, 1.165) is 12.8 Å². The summed E-state index contributed by atoms with van der Waals surface area (Å²) < 4.78 is 9.99. The molecule has 186 valence electrons. The molecule has 0 aromatic rings. The van der Waals surface area contributed by atoms with Gasteiger partial charge in [0.2, 0.25) is 11.8 Å². The van der Waals surface area contributed by atoms with E-state index in [9.17, 15) is 19.2 Å². The highest BCUT2D eigenvalue weighted by molar-refractivity contribution is 5.82. The molecule has 2 unspecified atom stereocenters. The van der Waals surface area contributed by atoms with Crippen LogP contribution < -0.4 is 34.0 Å². The molecule has 4 amide bonds. The van der Waals surface area contributed by atoms with Gasteiger partial charge in [-0.3, -0.25) is 14.5 Å². The molecule has 0 aromatic heterocycles. The van der Waals surface area contributed by atoms with Crippen molar-refractivity contribution in [1.82, 2.24) is 10.2 Å². The maximum Gasteiger partial charge on any atom is 0.410 e. The molecule has 0 fully saturated rings. The summed E-state index contributed by atoms with van der Waals surface area (Å²) in [6.45, 7) is 0.743. The Morgan fingerprint density at radius 2 is 1.53 bits per heavy atom. The van der Waals surface area contributed by atoms with Crippen molar-refractivity contribution in [2.24, 2.45) is 28.7 Å². The van der Waals surface area contributed by atoms with E-state index in [0.29, 0.717) is 32.4 Å². The monoisotopic (exact) mass is 461 g/mol. The Balaban J connectivity index is 4.84. The van der Waals surface area contributed by atoms with Crippen molar-refractivity contribution in [2.75, 3.05) is 39.4 Å². The Kier molecular flexibility index (Phi) is 16.5. The first kappa shape index (κ1) is 29.4. The molecule has 0 aliphatic heterocycles. The third kappa shape index (κ3) is 16.1. The van der Waals surface area contributed by atoms with Gasteiger partial charge in [0.05, 0.1) is 6.04 Å². The molecule has 0 aliphatic carbocycles. The average molecular weight is 462 g/mol. The first-order valence-corrected chi connectivity index (χ1v) is 10.8. The van der Waals surface area contributed by atoms with Crippen molar-refractivity contribution < 1.29 is 28.7 Å². The van der Waals surface area contributed by atoms with E-state index in [1.165, 1.54) is 4.90 Å². The van der Waals surface area contributed by atoms with E-state index in [-0.39, 0.29) is 39.1 Å². The van der Waals surface area contributed by atoms with Crippen LogP contribution in [0.1, 0.15) is 44.9 Å². The van der Waals surface area contributed by atoms with Crippen LogP contribution in [0.3, 0.4) is 0 Å². The number of primary amides is 2. The van der Waals surface area contributed by atoms with Gasteiger partial charge in [0.15, 0.2) is 0 Å². The average Bonchev–Trinajstić information content (AvgIpc) is 2.73. The van der Waals surface area contributed by atoms with Crippen LogP contribution in [0.25, 0.3) is 0 Å². The lowest BCUT2D eigenvalue weighted by molar-refractivity contribution is -0.123. The number of hydrogen-bond acceptors (Lipinski definition) is 9. The van der Waals surface area contributed by atoms with Crippen LogP contribution in [0.5, 0.6) is 0 Å². The molecule has 0 aromatic carbocycles. The van der Waals surface area contributed by atoms with Crippen LogP contribution >= 0.6 is 0 Å². The fourth-order valence-corrected chi connectivity index (χ4v) is 2.72. The van der Waals surface area contributed by atoms with E-state index >= 15 is 0 Å². The zero-order valence-electron chi connectivity index (χ0n) is 18.6. The predicted molar refractivity (Wildman–Crippen MR) is 118 cm³/mol. The van der Waals surface area contributed by atoms with Crippen LogP contribution in [0, 0.1) is 0 Å². The summed E-state index contributed by atoms with van der Waals surface area (Å²) in [7, 11) is 0. The predicted octanol–water partition coefficient (Wildman–Crippen LogP) is -1.53. The Morgan fingerprint density at radius 3 is 2.12 bits per heavy atom. The Hall–Kier alpha value is -2.64. The zero-order chi connectivity index (χ0) is 24.4. The van der Waals surface area contributed by atoms with Gasteiger partial charge in [0.1, 0.15) is 19.8 Å². The van der Waals surface area contributed by atoms with E-state index in [1.807, 2.05) is 0 Å². The van der Waals surface area contributed by atoms with Gasteiger partial charge in [-0.25, -0.2) is 9.59 Å². The maximum atomic E-state index is 12.5. The van der Waals surface area contributed by atoms with E-state index in [4.69, 9.17) is 38.1 Å². The number of ether oxygens (including phenoxy) is 2. The van der Waals surface area contributed by atoms with Crippen LogP contribution in [-0.4, -0.2) is 80.4 Å². The number of amides is 4.